The predicted octanol–water partition coefficient (Wildman–Crippen LogP) is 4.56. The van der Waals surface area contributed by atoms with Gasteiger partial charge in [-0.1, -0.05) is 42.1 Å². The van der Waals surface area contributed by atoms with Crippen LogP contribution in [0.3, 0.4) is 0 Å². The van der Waals surface area contributed by atoms with E-state index in [1.807, 2.05) is 62.4 Å². The van der Waals surface area contributed by atoms with Gasteiger partial charge in [0.2, 0.25) is 0 Å². The van der Waals surface area contributed by atoms with E-state index in [1.54, 1.807) is 0 Å². The maximum atomic E-state index is 12.0. The average Bonchev–Trinajstić information content (AvgIpc) is 2.66. The summed E-state index contributed by atoms with van der Waals surface area (Å²) < 4.78 is 5.28. The van der Waals surface area contributed by atoms with Gasteiger partial charge in [-0.05, 0) is 48.7 Å². The van der Waals surface area contributed by atoms with Gasteiger partial charge in [-0.25, -0.2) is 4.98 Å². The van der Waals surface area contributed by atoms with Gasteiger partial charge in [-0.2, -0.15) is 5.26 Å². The topological polar surface area (TPSA) is 63.0 Å². The van der Waals surface area contributed by atoms with Gasteiger partial charge in [0, 0.05) is 5.39 Å². The lowest BCUT2D eigenvalue weighted by Crippen LogP contribution is -2.07. The fraction of sp³-hybridized carbons (Fsp3) is 0.190. The highest BCUT2D eigenvalue weighted by Crippen LogP contribution is 2.26. The largest absolute Gasteiger partial charge is 0.460 e. The van der Waals surface area contributed by atoms with Crippen molar-refractivity contribution in [3.05, 3.63) is 70.8 Å². The number of hydrogen-bond acceptors (Lipinski definition) is 5. The van der Waals surface area contributed by atoms with E-state index in [1.165, 1.54) is 11.8 Å². The molecular formula is C21H18N2O2S. The normalized spacial score (nSPS) is 10.5. The van der Waals surface area contributed by atoms with Crippen LogP contribution in [0.25, 0.3) is 10.9 Å². The molecule has 0 atom stereocenters. The zero-order valence-electron chi connectivity index (χ0n) is 14.7. The number of esters is 1. The van der Waals surface area contributed by atoms with E-state index in [0.29, 0.717) is 10.6 Å². The summed E-state index contributed by atoms with van der Waals surface area (Å²) in [6, 6.07) is 17.6. The molecule has 0 radical (unpaired) electrons. The minimum atomic E-state index is -0.329. The van der Waals surface area contributed by atoms with E-state index in [9.17, 15) is 10.1 Å². The summed E-state index contributed by atoms with van der Waals surface area (Å²) in [5, 5.41) is 10.9. The fourth-order valence-corrected chi connectivity index (χ4v) is 3.28. The lowest BCUT2D eigenvalue weighted by Gasteiger charge is -2.08. The summed E-state index contributed by atoms with van der Waals surface area (Å²) in [7, 11) is 0. The quantitative estimate of drug-likeness (QED) is 0.492. The van der Waals surface area contributed by atoms with E-state index < -0.39 is 0 Å². The number of nitriles is 1. The van der Waals surface area contributed by atoms with Crippen molar-refractivity contribution >= 4 is 28.6 Å². The molecule has 0 fully saturated rings. The number of pyridine rings is 1. The van der Waals surface area contributed by atoms with Crippen LogP contribution >= 0.6 is 11.8 Å². The molecule has 0 saturated heterocycles. The van der Waals surface area contributed by atoms with Gasteiger partial charge in [-0.3, -0.25) is 4.79 Å². The van der Waals surface area contributed by atoms with Crippen molar-refractivity contribution in [3.63, 3.8) is 0 Å². The van der Waals surface area contributed by atoms with Crippen molar-refractivity contribution < 1.29 is 9.53 Å². The van der Waals surface area contributed by atoms with Crippen LogP contribution in [0.5, 0.6) is 0 Å². The Morgan fingerprint density at radius 2 is 1.88 bits per heavy atom. The molecule has 0 saturated carbocycles. The number of thioether (sulfide) groups is 1. The number of ether oxygens (including phenoxy) is 1. The zero-order chi connectivity index (χ0) is 18.5. The fourth-order valence-electron chi connectivity index (χ4n) is 2.52. The van der Waals surface area contributed by atoms with E-state index in [0.717, 1.165) is 27.6 Å². The second-order valence-corrected chi connectivity index (χ2v) is 6.98. The van der Waals surface area contributed by atoms with Crippen LogP contribution in [0.15, 0.2) is 53.6 Å². The molecule has 0 amide bonds. The molecule has 3 rings (SSSR count). The number of aryl methyl sites for hydroxylation is 2. The molecule has 1 aromatic heterocycles. The maximum Gasteiger partial charge on any atom is 0.316 e. The molecule has 5 heteroatoms. The Hall–Kier alpha value is -2.84. The molecule has 4 nitrogen and oxygen atoms in total. The van der Waals surface area contributed by atoms with Gasteiger partial charge >= 0.3 is 5.97 Å². The molecule has 0 bridgehead atoms. The standard InChI is InChI=1S/C21H18N2O2S/c1-14-8-17-10-18(11-22)21(23-19(17)9-15(14)2)26-13-20(24)25-12-16-6-4-3-5-7-16/h3-10H,12-13H2,1-2H3. The van der Waals surface area contributed by atoms with Crippen molar-refractivity contribution in [2.75, 3.05) is 5.75 Å². The average molecular weight is 362 g/mol. The second-order valence-electron chi connectivity index (χ2n) is 6.02. The summed E-state index contributed by atoms with van der Waals surface area (Å²) in [4.78, 5) is 16.6. The third-order valence-corrected chi connectivity index (χ3v) is 5.05. The minimum absolute atomic E-state index is 0.116. The van der Waals surface area contributed by atoms with Gasteiger partial charge in [0.1, 0.15) is 17.7 Å². The van der Waals surface area contributed by atoms with Crippen LogP contribution in [0.2, 0.25) is 0 Å². The maximum absolute atomic E-state index is 12.0. The van der Waals surface area contributed by atoms with E-state index in [4.69, 9.17) is 4.74 Å². The van der Waals surface area contributed by atoms with Crippen LogP contribution in [0, 0.1) is 25.2 Å². The SMILES string of the molecule is Cc1cc2cc(C#N)c(SCC(=O)OCc3ccccc3)nc2cc1C. The van der Waals surface area contributed by atoms with E-state index >= 15 is 0 Å². The summed E-state index contributed by atoms with van der Waals surface area (Å²) in [5.74, 6) is -0.213. The molecule has 26 heavy (non-hydrogen) atoms. The molecule has 3 aromatic rings. The molecule has 0 aliphatic rings. The van der Waals surface area contributed by atoms with Gasteiger partial charge in [0.25, 0.3) is 0 Å². The van der Waals surface area contributed by atoms with E-state index in [-0.39, 0.29) is 18.3 Å². The second kappa shape index (κ2) is 8.03. The summed E-state index contributed by atoms with van der Waals surface area (Å²) in [6.45, 7) is 4.31. The molecule has 0 aliphatic heterocycles. The van der Waals surface area contributed by atoms with Crippen molar-refractivity contribution in [3.8, 4) is 6.07 Å². The Kier molecular flexibility index (Phi) is 5.55. The Bertz CT molecular complexity index is 994. The molecular weight excluding hydrogens is 344 g/mol. The van der Waals surface area contributed by atoms with Gasteiger partial charge < -0.3 is 4.74 Å². The Labute approximate surface area is 156 Å². The number of nitrogens with zero attached hydrogens (tertiary/aromatic N) is 2. The molecule has 130 valence electrons. The Morgan fingerprint density at radius 3 is 2.62 bits per heavy atom. The van der Waals surface area contributed by atoms with Crippen LogP contribution in [0.4, 0.5) is 0 Å². The summed E-state index contributed by atoms with van der Waals surface area (Å²) in [5.41, 5.74) is 4.55. The summed E-state index contributed by atoms with van der Waals surface area (Å²) >= 11 is 1.23. The Morgan fingerprint density at radius 1 is 1.15 bits per heavy atom. The molecule has 0 aliphatic carbocycles. The number of hydrogen-bond donors (Lipinski definition) is 0. The van der Waals surface area contributed by atoms with Crippen molar-refractivity contribution in [1.29, 1.82) is 5.26 Å². The van der Waals surface area contributed by atoms with Crippen LogP contribution in [-0.2, 0) is 16.1 Å². The van der Waals surface area contributed by atoms with Gasteiger partial charge in [0.05, 0.1) is 16.8 Å². The zero-order valence-corrected chi connectivity index (χ0v) is 15.5. The number of carbonyl (C=O) groups is 1. The monoisotopic (exact) mass is 362 g/mol. The van der Waals surface area contributed by atoms with Crippen molar-refractivity contribution in [1.82, 2.24) is 4.98 Å². The molecule has 0 N–H and O–H groups in total. The predicted molar refractivity (Wildman–Crippen MR) is 103 cm³/mol. The highest BCUT2D eigenvalue weighted by molar-refractivity contribution is 7.99. The van der Waals surface area contributed by atoms with Crippen LogP contribution < -0.4 is 0 Å². The number of carbonyl (C=O) groups excluding carboxylic acids is 1. The number of fused-ring (bicyclic) bond motifs is 1. The van der Waals surface area contributed by atoms with Crippen LogP contribution in [0.1, 0.15) is 22.3 Å². The minimum Gasteiger partial charge on any atom is -0.460 e. The first-order valence-electron chi connectivity index (χ1n) is 8.21. The smallest absolute Gasteiger partial charge is 0.316 e. The first kappa shape index (κ1) is 18.0. The lowest BCUT2D eigenvalue weighted by atomic mass is 10.1. The highest BCUT2D eigenvalue weighted by Gasteiger charge is 2.12. The molecule has 0 spiro atoms. The Balaban J connectivity index is 1.70. The van der Waals surface area contributed by atoms with Gasteiger partial charge in [0.15, 0.2) is 0 Å². The van der Waals surface area contributed by atoms with E-state index in [2.05, 4.69) is 11.1 Å². The lowest BCUT2D eigenvalue weighted by molar-refractivity contribution is -0.141. The number of rotatable bonds is 5. The summed E-state index contributed by atoms with van der Waals surface area (Å²) in [6.07, 6.45) is 0. The molecule has 0 unspecified atom stereocenters. The highest BCUT2D eigenvalue weighted by atomic mass is 32.2. The van der Waals surface area contributed by atoms with Crippen molar-refractivity contribution in [2.24, 2.45) is 0 Å². The van der Waals surface area contributed by atoms with Crippen molar-refractivity contribution in [2.45, 2.75) is 25.5 Å². The van der Waals surface area contributed by atoms with Crippen LogP contribution in [-0.4, -0.2) is 16.7 Å². The van der Waals surface area contributed by atoms with Gasteiger partial charge in [-0.15, -0.1) is 0 Å². The number of benzene rings is 2. The third-order valence-electron chi connectivity index (χ3n) is 4.09. The first-order valence-corrected chi connectivity index (χ1v) is 9.20. The molecule has 1 heterocycles. The third kappa shape index (κ3) is 4.22. The molecule has 2 aromatic carbocycles. The first-order chi connectivity index (χ1) is 12.6. The number of aromatic nitrogens is 1.